The number of hydrogen-bond acceptors (Lipinski definition) is 4. The summed E-state index contributed by atoms with van der Waals surface area (Å²) in [5, 5.41) is 7.47. The van der Waals surface area contributed by atoms with E-state index in [0.29, 0.717) is 5.71 Å². The molecule has 0 unspecified atom stereocenters. The lowest BCUT2D eigenvalue weighted by atomic mass is 10.4. The van der Waals surface area contributed by atoms with Crippen LogP contribution in [0.1, 0.15) is 34.6 Å². The van der Waals surface area contributed by atoms with Crippen molar-refractivity contribution >= 4 is 11.5 Å². The minimum absolute atomic E-state index is 0.00682. The molecule has 0 aliphatic carbocycles. The number of rotatable bonds is 5. The van der Waals surface area contributed by atoms with Gasteiger partial charge in [0.25, 0.3) is 0 Å². The van der Waals surface area contributed by atoms with E-state index in [1.165, 1.54) is 0 Å². The Hall–Kier alpha value is -1.26. The van der Waals surface area contributed by atoms with Crippen LogP contribution < -0.4 is 5.73 Å². The molecule has 0 aromatic carbocycles. The quantitative estimate of drug-likeness (QED) is 0.416. The summed E-state index contributed by atoms with van der Waals surface area (Å²) in [6.07, 6.45) is 0.0381. The topological polar surface area (TPSA) is 69.2 Å². The Morgan fingerprint density at radius 1 is 1.00 bits per heavy atom. The number of nitrogens with zero attached hydrogens (tertiary/aromatic N) is 2. The van der Waals surface area contributed by atoms with E-state index in [1.807, 2.05) is 27.7 Å². The lowest BCUT2D eigenvalue weighted by Crippen LogP contribution is -2.23. The SMILES string of the molecule is CC(=NOC(C)C)C(N)=NOC(C)C. The van der Waals surface area contributed by atoms with Crippen molar-refractivity contribution in [3.05, 3.63) is 0 Å². The van der Waals surface area contributed by atoms with Gasteiger partial charge in [0.15, 0.2) is 5.84 Å². The maximum Gasteiger partial charge on any atom is 0.187 e. The monoisotopic (exact) mass is 201 g/mol. The molecule has 0 atom stereocenters. The molecule has 0 aromatic rings. The lowest BCUT2D eigenvalue weighted by Gasteiger charge is -2.05. The van der Waals surface area contributed by atoms with Crippen LogP contribution >= 0.6 is 0 Å². The molecule has 0 saturated heterocycles. The van der Waals surface area contributed by atoms with Crippen molar-refractivity contribution in [1.29, 1.82) is 0 Å². The van der Waals surface area contributed by atoms with Crippen molar-refractivity contribution < 1.29 is 9.68 Å². The van der Waals surface area contributed by atoms with Crippen LogP contribution in [0.4, 0.5) is 0 Å². The molecule has 0 saturated carbocycles. The summed E-state index contributed by atoms with van der Waals surface area (Å²) in [5.41, 5.74) is 6.08. The van der Waals surface area contributed by atoms with Crippen LogP contribution in [0.15, 0.2) is 10.3 Å². The van der Waals surface area contributed by atoms with Crippen LogP contribution in [-0.4, -0.2) is 23.8 Å². The van der Waals surface area contributed by atoms with Gasteiger partial charge in [0.05, 0.1) is 0 Å². The van der Waals surface area contributed by atoms with Crippen LogP contribution in [0.25, 0.3) is 0 Å². The maximum absolute atomic E-state index is 5.57. The highest BCUT2D eigenvalue weighted by molar-refractivity contribution is 6.39. The molecule has 2 N–H and O–H groups in total. The van der Waals surface area contributed by atoms with E-state index < -0.39 is 0 Å². The van der Waals surface area contributed by atoms with E-state index in [2.05, 4.69) is 10.3 Å². The molecule has 0 spiro atoms. The summed E-state index contributed by atoms with van der Waals surface area (Å²) in [7, 11) is 0. The smallest absolute Gasteiger partial charge is 0.187 e. The van der Waals surface area contributed by atoms with Gasteiger partial charge >= 0.3 is 0 Å². The predicted molar refractivity (Wildman–Crippen MR) is 57.2 cm³/mol. The molecular weight excluding hydrogens is 182 g/mol. The third kappa shape index (κ3) is 6.28. The van der Waals surface area contributed by atoms with Gasteiger partial charge < -0.3 is 15.4 Å². The van der Waals surface area contributed by atoms with E-state index >= 15 is 0 Å². The number of oxime groups is 2. The summed E-state index contributed by atoms with van der Waals surface area (Å²) in [5.74, 6) is 0.236. The van der Waals surface area contributed by atoms with Crippen LogP contribution in [-0.2, 0) is 9.68 Å². The number of hydrogen-bond donors (Lipinski definition) is 1. The highest BCUT2D eigenvalue weighted by Gasteiger charge is 2.01. The van der Waals surface area contributed by atoms with Crippen molar-refractivity contribution in [2.75, 3.05) is 0 Å². The second-order valence-electron chi connectivity index (χ2n) is 3.46. The van der Waals surface area contributed by atoms with Gasteiger partial charge in [0.1, 0.15) is 17.9 Å². The maximum atomic E-state index is 5.57. The first-order valence-corrected chi connectivity index (χ1v) is 4.63. The molecule has 0 bridgehead atoms. The fourth-order valence-corrected chi connectivity index (χ4v) is 0.459. The van der Waals surface area contributed by atoms with Crippen LogP contribution in [0, 0.1) is 0 Å². The highest BCUT2D eigenvalue weighted by atomic mass is 16.6. The first-order chi connectivity index (χ1) is 6.43. The Labute approximate surface area is 84.9 Å². The standard InChI is InChI=1S/C9H19N3O2/c1-6(2)13-11-8(5)9(10)12-14-7(3)4/h6-7H,1-5H3,(H2,10,12). The van der Waals surface area contributed by atoms with Crippen LogP contribution in [0.2, 0.25) is 0 Å². The Morgan fingerprint density at radius 2 is 1.43 bits per heavy atom. The van der Waals surface area contributed by atoms with Crippen LogP contribution in [0.5, 0.6) is 0 Å². The number of amidine groups is 1. The average molecular weight is 201 g/mol. The fourth-order valence-electron chi connectivity index (χ4n) is 0.459. The summed E-state index contributed by atoms with van der Waals surface area (Å²) >= 11 is 0. The zero-order valence-electron chi connectivity index (χ0n) is 9.44. The van der Waals surface area contributed by atoms with Crippen molar-refractivity contribution in [2.24, 2.45) is 16.0 Å². The van der Waals surface area contributed by atoms with E-state index in [4.69, 9.17) is 15.4 Å². The van der Waals surface area contributed by atoms with Gasteiger partial charge in [-0.05, 0) is 34.6 Å². The predicted octanol–water partition coefficient (Wildman–Crippen LogP) is 1.48. The third-order valence-electron chi connectivity index (χ3n) is 1.13. The summed E-state index contributed by atoms with van der Waals surface area (Å²) < 4.78 is 0. The van der Waals surface area contributed by atoms with Gasteiger partial charge in [-0.1, -0.05) is 10.3 Å². The Balaban J connectivity index is 4.15. The molecule has 0 radical (unpaired) electrons. The summed E-state index contributed by atoms with van der Waals surface area (Å²) in [4.78, 5) is 9.96. The zero-order valence-corrected chi connectivity index (χ0v) is 9.44. The van der Waals surface area contributed by atoms with Gasteiger partial charge in [-0.3, -0.25) is 0 Å². The average Bonchev–Trinajstić information content (AvgIpc) is 2.09. The van der Waals surface area contributed by atoms with E-state index in [0.717, 1.165) is 0 Å². The van der Waals surface area contributed by atoms with Crippen molar-refractivity contribution in [2.45, 2.75) is 46.8 Å². The Morgan fingerprint density at radius 3 is 1.86 bits per heavy atom. The van der Waals surface area contributed by atoms with Crippen LogP contribution in [0.3, 0.4) is 0 Å². The minimum atomic E-state index is 0.00682. The molecule has 5 nitrogen and oxygen atoms in total. The molecule has 0 aromatic heterocycles. The molecule has 0 rings (SSSR count). The first kappa shape index (κ1) is 12.7. The zero-order chi connectivity index (χ0) is 11.1. The molecule has 82 valence electrons. The van der Waals surface area contributed by atoms with Gasteiger partial charge in [0, 0.05) is 0 Å². The van der Waals surface area contributed by atoms with E-state index in [-0.39, 0.29) is 18.0 Å². The normalized spacial score (nSPS) is 13.6. The second-order valence-corrected chi connectivity index (χ2v) is 3.46. The molecule has 0 amide bonds. The largest absolute Gasteiger partial charge is 0.393 e. The van der Waals surface area contributed by atoms with Crippen molar-refractivity contribution in [1.82, 2.24) is 0 Å². The fraction of sp³-hybridized carbons (Fsp3) is 0.778. The van der Waals surface area contributed by atoms with Gasteiger partial charge in [-0.2, -0.15) is 0 Å². The molecule has 5 heteroatoms. The molecule has 0 fully saturated rings. The molecule has 0 heterocycles. The minimum Gasteiger partial charge on any atom is -0.393 e. The van der Waals surface area contributed by atoms with E-state index in [1.54, 1.807) is 6.92 Å². The Kier molecular flexibility index (Phi) is 5.67. The Bertz CT molecular complexity index is 198. The van der Waals surface area contributed by atoms with Crippen molar-refractivity contribution in [3.8, 4) is 0 Å². The molecule has 0 aliphatic heterocycles. The number of nitrogens with two attached hydrogens (primary N) is 1. The summed E-state index contributed by atoms with van der Waals surface area (Å²) in [6, 6.07) is 0. The van der Waals surface area contributed by atoms with Gasteiger partial charge in [0.2, 0.25) is 0 Å². The molecule has 14 heavy (non-hydrogen) atoms. The second kappa shape index (κ2) is 6.23. The van der Waals surface area contributed by atoms with Crippen molar-refractivity contribution in [3.63, 3.8) is 0 Å². The van der Waals surface area contributed by atoms with Gasteiger partial charge in [-0.25, -0.2) is 0 Å². The molecule has 0 aliphatic rings. The molecular formula is C9H19N3O2. The highest BCUT2D eigenvalue weighted by Crippen LogP contribution is 1.92. The van der Waals surface area contributed by atoms with E-state index in [9.17, 15) is 0 Å². The summed E-state index contributed by atoms with van der Waals surface area (Å²) in [6.45, 7) is 9.22. The van der Waals surface area contributed by atoms with Gasteiger partial charge in [-0.15, -0.1) is 0 Å². The first-order valence-electron chi connectivity index (χ1n) is 4.63. The third-order valence-corrected chi connectivity index (χ3v) is 1.13. The lowest BCUT2D eigenvalue weighted by molar-refractivity contribution is 0.0829.